The molecule has 0 radical (unpaired) electrons. The minimum Gasteiger partial charge on any atom is -0.303 e. The molecular weight excluding hydrogens is 324 g/mol. The van der Waals surface area contributed by atoms with E-state index in [2.05, 4.69) is 39.4 Å². The highest BCUT2D eigenvalue weighted by atomic mass is 79.9. The Kier molecular flexibility index (Phi) is 5.59. The Morgan fingerprint density at radius 1 is 1.47 bits per heavy atom. The molecule has 0 atom stereocenters. The van der Waals surface area contributed by atoms with Crippen molar-refractivity contribution < 1.29 is 8.42 Å². The van der Waals surface area contributed by atoms with Crippen LogP contribution in [-0.2, 0) is 10.0 Å². The molecule has 0 aliphatic heterocycles. The predicted octanol–water partition coefficient (Wildman–Crippen LogP) is 2.13. The summed E-state index contributed by atoms with van der Waals surface area (Å²) in [6, 6.07) is 3.75. The number of nitrogens with zero attached hydrogens (tertiary/aromatic N) is 1. The van der Waals surface area contributed by atoms with Crippen LogP contribution >= 0.6 is 27.3 Å². The molecule has 98 valence electrons. The fourth-order valence-electron chi connectivity index (χ4n) is 1.13. The summed E-state index contributed by atoms with van der Waals surface area (Å²) in [6.07, 6.45) is 0. The SMILES string of the molecule is CC(C)N(C)CCNS(=O)(=O)c1ccc(Br)s1. The van der Waals surface area contributed by atoms with Crippen molar-refractivity contribution in [2.45, 2.75) is 24.1 Å². The Balaban J connectivity index is 2.52. The maximum atomic E-state index is 11.9. The number of halogens is 1. The minimum atomic E-state index is -3.35. The Labute approximate surface area is 115 Å². The van der Waals surface area contributed by atoms with E-state index >= 15 is 0 Å². The first-order valence-electron chi connectivity index (χ1n) is 5.28. The molecular formula is C10H17BrN2O2S2. The number of likely N-dealkylation sites (N-methyl/N-ethyl adjacent to an activating group) is 1. The quantitative estimate of drug-likeness (QED) is 0.862. The molecule has 0 aliphatic rings. The molecule has 0 amide bonds. The smallest absolute Gasteiger partial charge is 0.250 e. The molecule has 0 fully saturated rings. The van der Waals surface area contributed by atoms with Crippen LogP contribution in [0.1, 0.15) is 13.8 Å². The number of rotatable bonds is 6. The molecule has 0 saturated heterocycles. The van der Waals surface area contributed by atoms with E-state index in [0.717, 1.165) is 3.79 Å². The molecule has 7 heteroatoms. The third-order valence-corrected chi connectivity index (χ3v) is 6.03. The van der Waals surface area contributed by atoms with Crippen molar-refractivity contribution in [3.63, 3.8) is 0 Å². The first kappa shape index (κ1) is 15.1. The average molecular weight is 341 g/mol. The van der Waals surface area contributed by atoms with Gasteiger partial charge in [-0.15, -0.1) is 11.3 Å². The molecule has 0 unspecified atom stereocenters. The number of sulfonamides is 1. The van der Waals surface area contributed by atoms with Crippen molar-refractivity contribution in [1.29, 1.82) is 0 Å². The zero-order chi connectivity index (χ0) is 13.1. The number of nitrogens with one attached hydrogen (secondary N) is 1. The molecule has 0 spiro atoms. The van der Waals surface area contributed by atoms with Gasteiger partial charge in [-0.3, -0.25) is 0 Å². The largest absolute Gasteiger partial charge is 0.303 e. The highest BCUT2D eigenvalue weighted by Gasteiger charge is 2.16. The molecule has 1 aromatic heterocycles. The van der Waals surface area contributed by atoms with Gasteiger partial charge in [-0.05, 0) is 49.0 Å². The number of hydrogen-bond acceptors (Lipinski definition) is 4. The van der Waals surface area contributed by atoms with Crippen LogP contribution in [0.4, 0.5) is 0 Å². The zero-order valence-electron chi connectivity index (χ0n) is 10.1. The highest BCUT2D eigenvalue weighted by Crippen LogP contribution is 2.25. The minimum absolute atomic E-state index is 0.344. The first-order chi connectivity index (χ1) is 7.83. The van der Waals surface area contributed by atoms with Gasteiger partial charge in [-0.25, -0.2) is 13.1 Å². The summed E-state index contributed by atoms with van der Waals surface area (Å²) in [4.78, 5) is 2.09. The Bertz CT molecular complexity index is 457. The van der Waals surface area contributed by atoms with Gasteiger partial charge in [0.1, 0.15) is 4.21 Å². The second-order valence-electron chi connectivity index (χ2n) is 4.03. The van der Waals surface area contributed by atoms with Crippen LogP contribution in [-0.4, -0.2) is 39.5 Å². The summed E-state index contributed by atoms with van der Waals surface area (Å²) >= 11 is 4.47. The van der Waals surface area contributed by atoms with Crippen molar-refractivity contribution in [3.05, 3.63) is 15.9 Å². The van der Waals surface area contributed by atoms with Crippen LogP contribution in [0.3, 0.4) is 0 Å². The average Bonchev–Trinajstić information content (AvgIpc) is 2.65. The molecule has 4 nitrogen and oxygen atoms in total. The van der Waals surface area contributed by atoms with Crippen LogP contribution in [0.15, 0.2) is 20.1 Å². The summed E-state index contributed by atoms with van der Waals surface area (Å²) in [6.45, 7) is 5.27. The Morgan fingerprint density at radius 2 is 2.12 bits per heavy atom. The highest BCUT2D eigenvalue weighted by molar-refractivity contribution is 9.11. The van der Waals surface area contributed by atoms with Crippen LogP contribution < -0.4 is 4.72 Å². The Morgan fingerprint density at radius 3 is 2.59 bits per heavy atom. The van der Waals surface area contributed by atoms with E-state index in [9.17, 15) is 8.42 Å². The van der Waals surface area contributed by atoms with E-state index in [0.29, 0.717) is 23.3 Å². The molecule has 1 aromatic rings. The molecule has 17 heavy (non-hydrogen) atoms. The standard InChI is InChI=1S/C10H17BrN2O2S2/c1-8(2)13(3)7-6-12-17(14,15)10-5-4-9(11)16-10/h4-5,8,12H,6-7H2,1-3H3. The van der Waals surface area contributed by atoms with Gasteiger partial charge in [0, 0.05) is 19.1 Å². The van der Waals surface area contributed by atoms with Gasteiger partial charge in [-0.2, -0.15) is 0 Å². The van der Waals surface area contributed by atoms with Gasteiger partial charge in [0.25, 0.3) is 0 Å². The molecule has 0 saturated carbocycles. The van der Waals surface area contributed by atoms with Gasteiger partial charge >= 0.3 is 0 Å². The predicted molar refractivity (Wildman–Crippen MR) is 75.0 cm³/mol. The Hall–Kier alpha value is 0.0500. The number of thiophene rings is 1. The zero-order valence-corrected chi connectivity index (χ0v) is 13.3. The van der Waals surface area contributed by atoms with Crippen LogP contribution in [0.5, 0.6) is 0 Å². The topological polar surface area (TPSA) is 49.4 Å². The van der Waals surface area contributed by atoms with E-state index < -0.39 is 10.0 Å². The first-order valence-corrected chi connectivity index (χ1v) is 8.37. The van der Waals surface area contributed by atoms with E-state index in [-0.39, 0.29) is 0 Å². The van der Waals surface area contributed by atoms with Crippen molar-refractivity contribution in [1.82, 2.24) is 9.62 Å². The molecule has 1 N–H and O–H groups in total. The van der Waals surface area contributed by atoms with Crippen molar-refractivity contribution in [3.8, 4) is 0 Å². The van der Waals surface area contributed by atoms with Crippen molar-refractivity contribution in [2.24, 2.45) is 0 Å². The third kappa shape index (κ3) is 4.67. The maximum absolute atomic E-state index is 11.9. The van der Waals surface area contributed by atoms with Crippen molar-refractivity contribution in [2.75, 3.05) is 20.1 Å². The molecule has 0 aromatic carbocycles. The summed E-state index contributed by atoms with van der Waals surface area (Å²) in [7, 11) is -1.38. The second-order valence-corrected chi connectivity index (χ2v) is 8.49. The lowest BCUT2D eigenvalue weighted by atomic mass is 10.3. The van der Waals surface area contributed by atoms with Crippen LogP contribution in [0.25, 0.3) is 0 Å². The lowest BCUT2D eigenvalue weighted by molar-refractivity contribution is 0.278. The van der Waals surface area contributed by atoms with Crippen LogP contribution in [0, 0.1) is 0 Å². The lowest BCUT2D eigenvalue weighted by Gasteiger charge is -2.20. The fourth-order valence-corrected chi connectivity index (χ4v) is 4.20. The van der Waals surface area contributed by atoms with Crippen LogP contribution in [0.2, 0.25) is 0 Å². The summed E-state index contributed by atoms with van der Waals surface area (Å²) in [5, 5.41) is 0. The molecule has 1 heterocycles. The van der Waals surface area contributed by atoms with Gasteiger partial charge in [0.05, 0.1) is 3.79 Å². The van der Waals surface area contributed by atoms with E-state index in [4.69, 9.17) is 0 Å². The second kappa shape index (κ2) is 6.29. The van der Waals surface area contributed by atoms with Crippen molar-refractivity contribution >= 4 is 37.3 Å². The number of hydrogen-bond donors (Lipinski definition) is 1. The summed E-state index contributed by atoms with van der Waals surface area (Å²) < 4.78 is 27.5. The van der Waals surface area contributed by atoms with E-state index in [1.807, 2.05) is 7.05 Å². The monoisotopic (exact) mass is 340 g/mol. The summed E-state index contributed by atoms with van der Waals surface area (Å²) in [5.74, 6) is 0. The van der Waals surface area contributed by atoms with Gasteiger partial charge in [0.2, 0.25) is 10.0 Å². The summed E-state index contributed by atoms with van der Waals surface area (Å²) in [5.41, 5.74) is 0. The molecule has 1 rings (SSSR count). The van der Waals surface area contributed by atoms with Gasteiger partial charge in [-0.1, -0.05) is 0 Å². The van der Waals surface area contributed by atoms with E-state index in [1.165, 1.54) is 11.3 Å². The lowest BCUT2D eigenvalue weighted by Crippen LogP contribution is -2.35. The van der Waals surface area contributed by atoms with Gasteiger partial charge in [0.15, 0.2) is 0 Å². The van der Waals surface area contributed by atoms with Gasteiger partial charge < -0.3 is 4.90 Å². The normalized spacial score (nSPS) is 12.6. The maximum Gasteiger partial charge on any atom is 0.250 e. The van der Waals surface area contributed by atoms with E-state index in [1.54, 1.807) is 12.1 Å². The third-order valence-electron chi connectivity index (χ3n) is 2.45. The molecule has 0 aliphatic carbocycles. The molecule has 0 bridgehead atoms. The fraction of sp³-hybridized carbons (Fsp3) is 0.600.